The van der Waals surface area contributed by atoms with Crippen LogP contribution in [0.1, 0.15) is 13.8 Å². The summed E-state index contributed by atoms with van der Waals surface area (Å²) in [6.07, 6.45) is -13.6. The molecule has 0 aromatic rings. The molecule has 23 heavy (non-hydrogen) atoms. The largest absolute Gasteiger partial charge is 0.453 e. The van der Waals surface area contributed by atoms with E-state index in [1.165, 1.54) is 0 Å². The van der Waals surface area contributed by atoms with Crippen LogP contribution in [0.4, 0.5) is 52.7 Å². The van der Waals surface area contributed by atoms with E-state index < -0.39 is 55.5 Å². The molecule has 138 valence electrons. The van der Waals surface area contributed by atoms with E-state index in [0.717, 1.165) is 0 Å². The number of ether oxygens (including phenoxy) is 2. The quantitative estimate of drug-likeness (QED) is 0.663. The molecule has 2 unspecified atom stereocenters. The Morgan fingerprint density at radius 1 is 0.696 bits per heavy atom. The normalized spacial score (nSPS) is 33.1. The molecule has 1 aliphatic heterocycles. The van der Waals surface area contributed by atoms with Gasteiger partial charge in [0.15, 0.2) is 0 Å². The first-order valence-electron chi connectivity index (χ1n) is 5.33. The van der Waals surface area contributed by atoms with Crippen LogP contribution in [0, 0.1) is 0 Å². The molecular weight excluding hydrogens is 368 g/mol. The highest BCUT2D eigenvalue weighted by atomic mass is 19.4. The molecule has 1 rings (SSSR count). The molecule has 0 aliphatic carbocycles. The van der Waals surface area contributed by atoms with Crippen LogP contribution in [-0.4, -0.2) is 41.7 Å². The first-order valence-corrected chi connectivity index (χ1v) is 5.33. The second-order valence-electron chi connectivity index (χ2n) is 4.79. The maximum absolute atomic E-state index is 14.0. The van der Waals surface area contributed by atoms with E-state index in [9.17, 15) is 52.7 Å². The minimum Gasteiger partial charge on any atom is -0.293 e. The first-order chi connectivity index (χ1) is 9.66. The van der Waals surface area contributed by atoms with Gasteiger partial charge in [-0.25, -0.2) is 4.39 Å². The fourth-order valence-corrected chi connectivity index (χ4v) is 1.66. The lowest BCUT2D eigenvalue weighted by atomic mass is 9.98. The molecule has 1 saturated heterocycles. The van der Waals surface area contributed by atoms with Gasteiger partial charge in [-0.15, -0.1) is 0 Å². The highest BCUT2D eigenvalue weighted by Crippen LogP contribution is 2.64. The van der Waals surface area contributed by atoms with Crippen LogP contribution in [0.3, 0.4) is 0 Å². The standard InChI is InChI=1S/C9H6F12O2/c1-3(10,11)5(13,14)6(15)4(2,12)22-7(23-6,8(16,17)18)9(19,20)21/h1-2H3. The molecule has 0 aromatic heterocycles. The molecule has 0 amide bonds. The monoisotopic (exact) mass is 374 g/mol. The number of hydrogen-bond acceptors (Lipinski definition) is 2. The predicted molar refractivity (Wildman–Crippen MR) is 45.9 cm³/mol. The van der Waals surface area contributed by atoms with Crippen molar-refractivity contribution in [3.63, 3.8) is 0 Å². The summed E-state index contributed by atoms with van der Waals surface area (Å²) in [5, 5.41) is 0. The first kappa shape index (κ1) is 20.1. The van der Waals surface area contributed by atoms with Crippen LogP contribution >= 0.6 is 0 Å². The van der Waals surface area contributed by atoms with Gasteiger partial charge in [0.25, 0.3) is 5.85 Å². The molecule has 2 atom stereocenters. The Bertz CT molecular complexity index is 458. The lowest BCUT2D eigenvalue weighted by molar-refractivity contribution is -0.467. The smallest absolute Gasteiger partial charge is 0.293 e. The third-order valence-electron chi connectivity index (χ3n) is 2.90. The number of hydrogen-bond donors (Lipinski definition) is 0. The molecular formula is C9H6F12O2. The Labute approximate surface area is 119 Å². The average Bonchev–Trinajstić information content (AvgIpc) is 2.45. The molecule has 0 spiro atoms. The van der Waals surface area contributed by atoms with Gasteiger partial charge in [-0.2, -0.15) is 48.3 Å². The van der Waals surface area contributed by atoms with Crippen LogP contribution in [0.5, 0.6) is 0 Å². The van der Waals surface area contributed by atoms with Crippen LogP contribution < -0.4 is 0 Å². The lowest BCUT2D eigenvalue weighted by Gasteiger charge is -2.37. The van der Waals surface area contributed by atoms with E-state index in [0.29, 0.717) is 0 Å². The molecule has 2 nitrogen and oxygen atoms in total. The summed E-state index contributed by atoms with van der Waals surface area (Å²) < 4.78 is 160. The van der Waals surface area contributed by atoms with Crippen molar-refractivity contribution in [2.24, 2.45) is 0 Å². The SMILES string of the molecule is CC(F)(F)C(F)(F)C1(F)OC(C(F)(F)F)(C(F)(F)F)OC1(C)F. The maximum atomic E-state index is 14.0. The zero-order valence-corrected chi connectivity index (χ0v) is 10.9. The zero-order chi connectivity index (χ0) is 18.9. The molecule has 0 saturated carbocycles. The maximum Gasteiger partial charge on any atom is 0.453 e. The van der Waals surface area contributed by atoms with Crippen molar-refractivity contribution in [3.8, 4) is 0 Å². The topological polar surface area (TPSA) is 18.5 Å². The van der Waals surface area contributed by atoms with E-state index in [1.807, 2.05) is 0 Å². The molecule has 1 heterocycles. The van der Waals surface area contributed by atoms with Gasteiger partial charge in [-0.1, -0.05) is 0 Å². The third-order valence-corrected chi connectivity index (χ3v) is 2.90. The van der Waals surface area contributed by atoms with Gasteiger partial charge in [0.2, 0.25) is 0 Å². The van der Waals surface area contributed by atoms with Crippen molar-refractivity contribution < 1.29 is 62.2 Å². The molecule has 0 radical (unpaired) electrons. The lowest BCUT2D eigenvalue weighted by Crippen LogP contribution is -2.64. The Morgan fingerprint density at radius 3 is 1.26 bits per heavy atom. The summed E-state index contributed by atoms with van der Waals surface area (Å²) in [7, 11) is 0. The number of alkyl halides is 12. The number of halogens is 12. The summed E-state index contributed by atoms with van der Waals surface area (Å²) >= 11 is 0. The van der Waals surface area contributed by atoms with Crippen molar-refractivity contribution in [1.82, 2.24) is 0 Å². The molecule has 1 fully saturated rings. The molecule has 14 heteroatoms. The van der Waals surface area contributed by atoms with Crippen LogP contribution in [0.2, 0.25) is 0 Å². The van der Waals surface area contributed by atoms with Crippen molar-refractivity contribution in [2.75, 3.05) is 0 Å². The van der Waals surface area contributed by atoms with E-state index in [-0.39, 0.29) is 0 Å². The highest BCUT2D eigenvalue weighted by molar-refractivity contribution is 5.10. The van der Waals surface area contributed by atoms with Crippen molar-refractivity contribution in [1.29, 1.82) is 0 Å². The van der Waals surface area contributed by atoms with Gasteiger partial charge in [0.05, 0.1) is 0 Å². The Hall–Kier alpha value is -0.920. The second kappa shape index (κ2) is 4.58. The Morgan fingerprint density at radius 2 is 1.04 bits per heavy atom. The van der Waals surface area contributed by atoms with Gasteiger partial charge in [-0.3, -0.25) is 9.47 Å². The van der Waals surface area contributed by atoms with E-state index in [4.69, 9.17) is 0 Å². The Balaban J connectivity index is 3.64. The Kier molecular flexibility index (Phi) is 4.01. The second-order valence-corrected chi connectivity index (χ2v) is 4.79. The van der Waals surface area contributed by atoms with Crippen LogP contribution in [0.15, 0.2) is 0 Å². The van der Waals surface area contributed by atoms with Crippen molar-refractivity contribution >= 4 is 0 Å². The minimum absolute atomic E-state index is 0.661. The summed E-state index contributed by atoms with van der Waals surface area (Å²) in [4.78, 5) is 0. The van der Waals surface area contributed by atoms with Gasteiger partial charge < -0.3 is 0 Å². The summed E-state index contributed by atoms with van der Waals surface area (Å²) in [6.45, 7) is -1.42. The fraction of sp³-hybridized carbons (Fsp3) is 1.00. The van der Waals surface area contributed by atoms with Crippen LogP contribution in [0.25, 0.3) is 0 Å². The van der Waals surface area contributed by atoms with Crippen molar-refractivity contribution in [2.45, 2.75) is 55.5 Å². The van der Waals surface area contributed by atoms with Crippen LogP contribution in [-0.2, 0) is 9.47 Å². The van der Waals surface area contributed by atoms with E-state index in [2.05, 4.69) is 9.47 Å². The predicted octanol–water partition coefficient (Wildman–Crippen LogP) is 4.50. The molecule has 0 bridgehead atoms. The molecule has 0 N–H and O–H groups in total. The minimum atomic E-state index is -6.81. The molecule has 0 aromatic carbocycles. The zero-order valence-electron chi connectivity index (χ0n) is 10.9. The molecule has 1 aliphatic rings. The van der Waals surface area contributed by atoms with Crippen molar-refractivity contribution in [3.05, 3.63) is 0 Å². The van der Waals surface area contributed by atoms with E-state index >= 15 is 0 Å². The van der Waals surface area contributed by atoms with Gasteiger partial charge in [0, 0.05) is 13.8 Å². The van der Waals surface area contributed by atoms with Gasteiger partial charge in [-0.05, 0) is 0 Å². The highest BCUT2D eigenvalue weighted by Gasteiger charge is 2.91. The average molecular weight is 374 g/mol. The third kappa shape index (κ3) is 2.44. The van der Waals surface area contributed by atoms with E-state index in [1.54, 1.807) is 0 Å². The number of rotatable bonds is 2. The fourth-order valence-electron chi connectivity index (χ4n) is 1.66. The summed E-state index contributed by atoms with van der Waals surface area (Å²) in [6, 6.07) is 0. The van der Waals surface area contributed by atoms with Gasteiger partial charge in [0.1, 0.15) is 0 Å². The van der Waals surface area contributed by atoms with Gasteiger partial charge >= 0.3 is 35.8 Å². The summed E-state index contributed by atoms with van der Waals surface area (Å²) in [5.41, 5.74) is 0. The summed E-state index contributed by atoms with van der Waals surface area (Å²) in [5.74, 6) is -29.6.